The summed E-state index contributed by atoms with van der Waals surface area (Å²) in [7, 11) is 0. The Morgan fingerprint density at radius 2 is 0.909 bits per heavy atom. The highest BCUT2D eigenvalue weighted by molar-refractivity contribution is 6.24. The molecular weight excluding hydrogens is 272 g/mol. The van der Waals surface area contributed by atoms with E-state index in [1.807, 2.05) is 0 Å². The number of ketones is 1. The number of unbranched alkanes of at least 4 members (excludes halogenated alkanes) is 15. The topological polar surface area (TPSA) is 34.1 Å². The second kappa shape index (κ2) is 18.4. The molecule has 0 fully saturated rings. The maximum absolute atomic E-state index is 10.8. The fourth-order valence-corrected chi connectivity index (χ4v) is 2.91. The van der Waals surface area contributed by atoms with Crippen LogP contribution in [0.5, 0.6) is 0 Å². The van der Waals surface area contributed by atoms with Crippen LogP contribution in [0.15, 0.2) is 0 Å². The molecule has 0 N–H and O–H groups in total. The van der Waals surface area contributed by atoms with Crippen LogP contribution in [0.25, 0.3) is 0 Å². The zero-order chi connectivity index (χ0) is 16.3. The molecule has 0 radical (unpaired) electrons. The Morgan fingerprint density at radius 3 is 1.23 bits per heavy atom. The first kappa shape index (κ1) is 21.3. The van der Waals surface area contributed by atoms with E-state index < -0.39 is 0 Å². The molecule has 2 heteroatoms. The summed E-state index contributed by atoms with van der Waals surface area (Å²) in [5.74, 6) is -0.245. The summed E-state index contributed by atoms with van der Waals surface area (Å²) in [6.07, 6.45) is 22.2. The average molecular weight is 311 g/mol. The highest BCUT2D eigenvalue weighted by Gasteiger charge is 1.98. The van der Waals surface area contributed by atoms with Crippen LogP contribution in [0, 0.1) is 0 Å². The van der Waals surface area contributed by atoms with Crippen molar-refractivity contribution in [3.05, 3.63) is 0 Å². The number of carbonyl (C=O) groups is 2. The molecule has 0 spiro atoms. The smallest absolute Gasteiger partial charge is 0.195 e. The van der Waals surface area contributed by atoms with Crippen molar-refractivity contribution in [1.82, 2.24) is 0 Å². The van der Waals surface area contributed by atoms with E-state index in [1.54, 1.807) is 0 Å². The van der Waals surface area contributed by atoms with Gasteiger partial charge in [0.2, 0.25) is 0 Å². The first-order chi connectivity index (χ1) is 10.8. The van der Waals surface area contributed by atoms with Crippen molar-refractivity contribution in [3.63, 3.8) is 0 Å². The third-order valence-corrected chi connectivity index (χ3v) is 4.41. The third kappa shape index (κ3) is 17.4. The van der Waals surface area contributed by atoms with Gasteiger partial charge in [-0.25, -0.2) is 0 Å². The molecule has 2 nitrogen and oxygen atoms in total. The molecule has 0 rings (SSSR count). The van der Waals surface area contributed by atoms with Crippen LogP contribution in [0.1, 0.15) is 116 Å². The molecule has 0 aromatic rings. The van der Waals surface area contributed by atoms with Crippen molar-refractivity contribution < 1.29 is 9.59 Å². The van der Waals surface area contributed by atoms with Crippen LogP contribution in [-0.4, -0.2) is 12.1 Å². The van der Waals surface area contributed by atoms with Crippen molar-refractivity contribution >= 4 is 12.1 Å². The highest BCUT2D eigenvalue weighted by Crippen LogP contribution is 2.13. The van der Waals surface area contributed by atoms with Crippen molar-refractivity contribution in [2.75, 3.05) is 0 Å². The summed E-state index contributed by atoms with van der Waals surface area (Å²) in [4.78, 5) is 20.9. The van der Waals surface area contributed by atoms with Gasteiger partial charge in [-0.15, -0.1) is 0 Å². The summed E-state index contributed by atoms with van der Waals surface area (Å²) >= 11 is 0. The van der Waals surface area contributed by atoms with E-state index in [0.29, 0.717) is 12.7 Å². The molecule has 0 aliphatic heterocycles. The normalized spacial score (nSPS) is 10.8. The van der Waals surface area contributed by atoms with Gasteiger partial charge in [0.05, 0.1) is 0 Å². The molecular formula is C20H38O2. The van der Waals surface area contributed by atoms with Crippen LogP contribution >= 0.6 is 0 Å². The summed E-state index contributed by atoms with van der Waals surface area (Å²) in [6, 6.07) is 0. The molecule has 0 aliphatic rings. The number of Topliss-reactive ketones (excluding diaryl/α,β-unsaturated/α-hetero) is 1. The van der Waals surface area contributed by atoms with Gasteiger partial charge in [0.15, 0.2) is 12.1 Å². The predicted molar refractivity (Wildman–Crippen MR) is 95.2 cm³/mol. The van der Waals surface area contributed by atoms with E-state index in [-0.39, 0.29) is 5.78 Å². The zero-order valence-corrected chi connectivity index (χ0v) is 14.9. The number of carbonyl (C=O) groups excluding carboxylic acids is 2. The summed E-state index contributed by atoms with van der Waals surface area (Å²) in [5, 5.41) is 0. The molecule has 22 heavy (non-hydrogen) atoms. The number of hydrogen-bond donors (Lipinski definition) is 0. The van der Waals surface area contributed by atoms with Gasteiger partial charge in [-0.05, 0) is 6.42 Å². The lowest BCUT2D eigenvalue weighted by molar-refractivity contribution is -0.129. The minimum atomic E-state index is -0.245. The Balaban J connectivity index is 2.99. The predicted octanol–water partition coefficient (Wildman–Crippen LogP) is 6.41. The van der Waals surface area contributed by atoms with E-state index in [4.69, 9.17) is 0 Å². The van der Waals surface area contributed by atoms with Gasteiger partial charge in [-0.3, -0.25) is 9.59 Å². The molecule has 0 aliphatic carbocycles. The van der Waals surface area contributed by atoms with E-state index in [1.165, 1.54) is 89.9 Å². The maximum Gasteiger partial charge on any atom is 0.195 e. The molecule has 0 bridgehead atoms. The molecule has 0 unspecified atom stereocenters. The summed E-state index contributed by atoms with van der Waals surface area (Å²) in [6.45, 7) is 2.27. The van der Waals surface area contributed by atoms with Crippen LogP contribution in [-0.2, 0) is 9.59 Å². The van der Waals surface area contributed by atoms with Gasteiger partial charge in [0.1, 0.15) is 0 Å². The lowest BCUT2D eigenvalue weighted by Crippen LogP contribution is -1.97. The fourth-order valence-electron chi connectivity index (χ4n) is 2.91. The van der Waals surface area contributed by atoms with Gasteiger partial charge in [-0.1, -0.05) is 103 Å². The van der Waals surface area contributed by atoms with Crippen LogP contribution in [0.4, 0.5) is 0 Å². The third-order valence-electron chi connectivity index (χ3n) is 4.41. The Labute approximate surface area is 138 Å². The van der Waals surface area contributed by atoms with Crippen molar-refractivity contribution in [2.45, 2.75) is 116 Å². The lowest BCUT2D eigenvalue weighted by Gasteiger charge is -2.03. The molecule has 0 saturated heterocycles. The standard InChI is InChI=1S/C20H38O2/c1-2-3-4-5-6-7-8-9-10-11-12-13-14-15-16-17-18-20(22)19-21/h19H,2-18H2,1H3. The Morgan fingerprint density at radius 1 is 0.591 bits per heavy atom. The highest BCUT2D eigenvalue weighted by atomic mass is 16.2. The molecule has 130 valence electrons. The molecule has 0 aromatic carbocycles. The number of hydrogen-bond acceptors (Lipinski definition) is 2. The van der Waals surface area contributed by atoms with Gasteiger partial charge < -0.3 is 0 Å². The van der Waals surface area contributed by atoms with Crippen molar-refractivity contribution in [1.29, 1.82) is 0 Å². The molecule has 0 amide bonds. The SMILES string of the molecule is CCCCCCCCCCCCCCCCCCC(=O)C=O. The molecule has 0 aromatic heterocycles. The molecule has 0 saturated carbocycles. The van der Waals surface area contributed by atoms with Crippen LogP contribution in [0.2, 0.25) is 0 Å². The van der Waals surface area contributed by atoms with Gasteiger partial charge >= 0.3 is 0 Å². The first-order valence-electron chi connectivity index (χ1n) is 9.79. The summed E-state index contributed by atoms with van der Waals surface area (Å²) < 4.78 is 0. The average Bonchev–Trinajstić information content (AvgIpc) is 2.54. The minimum Gasteiger partial charge on any atom is -0.295 e. The zero-order valence-electron chi connectivity index (χ0n) is 14.9. The lowest BCUT2D eigenvalue weighted by atomic mass is 10.0. The van der Waals surface area contributed by atoms with Gasteiger partial charge in [-0.2, -0.15) is 0 Å². The molecule has 0 atom stereocenters. The Kier molecular flexibility index (Phi) is 17.8. The van der Waals surface area contributed by atoms with Crippen molar-refractivity contribution in [3.8, 4) is 0 Å². The number of rotatable bonds is 18. The Hall–Kier alpha value is -0.660. The molecule has 0 heterocycles. The number of aldehydes is 1. The van der Waals surface area contributed by atoms with Gasteiger partial charge in [0.25, 0.3) is 0 Å². The second-order valence-corrected chi connectivity index (χ2v) is 6.64. The van der Waals surface area contributed by atoms with E-state index in [0.717, 1.165) is 12.8 Å². The Bertz CT molecular complexity index is 248. The van der Waals surface area contributed by atoms with E-state index in [9.17, 15) is 9.59 Å². The fraction of sp³-hybridized carbons (Fsp3) is 0.900. The summed E-state index contributed by atoms with van der Waals surface area (Å²) in [5.41, 5.74) is 0. The van der Waals surface area contributed by atoms with Crippen LogP contribution in [0.3, 0.4) is 0 Å². The second-order valence-electron chi connectivity index (χ2n) is 6.64. The van der Waals surface area contributed by atoms with Gasteiger partial charge in [0, 0.05) is 6.42 Å². The van der Waals surface area contributed by atoms with E-state index in [2.05, 4.69) is 6.92 Å². The largest absolute Gasteiger partial charge is 0.295 e. The quantitative estimate of drug-likeness (QED) is 0.167. The van der Waals surface area contributed by atoms with E-state index >= 15 is 0 Å². The minimum absolute atomic E-state index is 0.245. The monoisotopic (exact) mass is 310 g/mol. The first-order valence-corrected chi connectivity index (χ1v) is 9.79. The maximum atomic E-state index is 10.8. The van der Waals surface area contributed by atoms with Crippen LogP contribution < -0.4 is 0 Å². The van der Waals surface area contributed by atoms with Crippen molar-refractivity contribution in [2.24, 2.45) is 0 Å².